The number of ether oxygens (including phenoxy) is 2. The Morgan fingerprint density at radius 3 is 1.81 bits per heavy atom. The minimum Gasteiger partial charge on any atom is -0.355 e. The Balaban J connectivity index is 2.99. The summed E-state index contributed by atoms with van der Waals surface area (Å²) in [5, 5.41) is 0. The molecule has 0 bridgehead atoms. The fraction of sp³-hybridized carbons (Fsp3) is 1.00. The number of hydrogen-bond acceptors (Lipinski definition) is 2. The number of unbranched alkanes of at least 4 members (excludes halogenated alkanes) is 7. The maximum atomic E-state index is 5.51. The Hall–Kier alpha value is -0.0800. The molecule has 1 unspecified atom stereocenters. The first-order chi connectivity index (χ1) is 10.3. The molecule has 2 heteroatoms. The van der Waals surface area contributed by atoms with Crippen LogP contribution >= 0.6 is 0 Å². The highest BCUT2D eigenvalue weighted by atomic mass is 16.7. The van der Waals surface area contributed by atoms with Crippen LogP contribution in [0.4, 0.5) is 0 Å². The van der Waals surface area contributed by atoms with E-state index in [1.54, 1.807) is 0 Å². The third-order valence-corrected chi connectivity index (χ3v) is 4.08. The van der Waals surface area contributed by atoms with Gasteiger partial charge in [-0.1, -0.05) is 78.6 Å². The molecular formula is C19H40O2. The zero-order valence-electron chi connectivity index (χ0n) is 15.0. The van der Waals surface area contributed by atoms with Crippen LogP contribution in [-0.2, 0) is 9.47 Å². The summed E-state index contributed by atoms with van der Waals surface area (Å²) in [7, 11) is 0. The third-order valence-electron chi connectivity index (χ3n) is 4.08. The lowest BCUT2D eigenvalue weighted by atomic mass is 10.0. The molecule has 0 heterocycles. The highest BCUT2D eigenvalue weighted by Crippen LogP contribution is 2.12. The predicted molar refractivity (Wildman–Crippen MR) is 92.7 cm³/mol. The van der Waals surface area contributed by atoms with Crippen molar-refractivity contribution in [3.8, 4) is 0 Å². The van der Waals surface area contributed by atoms with Crippen LogP contribution in [0.3, 0.4) is 0 Å². The van der Waals surface area contributed by atoms with E-state index in [0.29, 0.717) is 6.79 Å². The van der Waals surface area contributed by atoms with E-state index in [0.717, 1.165) is 19.1 Å². The van der Waals surface area contributed by atoms with Crippen LogP contribution in [0.25, 0.3) is 0 Å². The van der Waals surface area contributed by atoms with E-state index >= 15 is 0 Å². The summed E-state index contributed by atoms with van der Waals surface area (Å²) in [5.74, 6) is 0.844. The lowest BCUT2D eigenvalue weighted by Gasteiger charge is -2.10. The molecule has 0 radical (unpaired) electrons. The average Bonchev–Trinajstić information content (AvgIpc) is 2.48. The Bertz CT molecular complexity index is 182. The molecule has 0 aliphatic rings. The van der Waals surface area contributed by atoms with Crippen molar-refractivity contribution in [2.24, 2.45) is 5.92 Å². The van der Waals surface area contributed by atoms with Crippen LogP contribution in [0.15, 0.2) is 0 Å². The zero-order chi connectivity index (χ0) is 15.6. The van der Waals surface area contributed by atoms with Gasteiger partial charge in [0.15, 0.2) is 0 Å². The fourth-order valence-corrected chi connectivity index (χ4v) is 2.69. The Morgan fingerprint density at radius 2 is 1.19 bits per heavy atom. The maximum absolute atomic E-state index is 5.51. The van der Waals surface area contributed by atoms with Crippen LogP contribution in [0.5, 0.6) is 0 Å². The van der Waals surface area contributed by atoms with E-state index < -0.39 is 0 Å². The second-order valence-electron chi connectivity index (χ2n) is 6.45. The summed E-state index contributed by atoms with van der Waals surface area (Å²) in [6, 6.07) is 0. The van der Waals surface area contributed by atoms with E-state index in [-0.39, 0.29) is 0 Å². The lowest BCUT2D eigenvalue weighted by molar-refractivity contribution is -0.0561. The van der Waals surface area contributed by atoms with Gasteiger partial charge in [0, 0.05) is 13.2 Å². The summed E-state index contributed by atoms with van der Waals surface area (Å²) < 4.78 is 11.0. The van der Waals surface area contributed by atoms with Crippen molar-refractivity contribution in [2.45, 2.75) is 97.8 Å². The molecule has 2 nitrogen and oxygen atoms in total. The van der Waals surface area contributed by atoms with Gasteiger partial charge < -0.3 is 9.47 Å². The highest BCUT2D eigenvalue weighted by Gasteiger charge is 2.00. The van der Waals surface area contributed by atoms with Gasteiger partial charge in [0.1, 0.15) is 6.79 Å². The molecule has 0 saturated heterocycles. The second kappa shape index (κ2) is 18.0. The van der Waals surface area contributed by atoms with E-state index in [1.807, 2.05) is 0 Å². The molecule has 0 saturated carbocycles. The Kier molecular flexibility index (Phi) is 17.9. The molecule has 21 heavy (non-hydrogen) atoms. The van der Waals surface area contributed by atoms with Crippen molar-refractivity contribution in [3.05, 3.63) is 0 Å². The minimum atomic E-state index is 0.485. The molecule has 0 amide bonds. The van der Waals surface area contributed by atoms with Gasteiger partial charge in [0.25, 0.3) is 0 Å². The van der Waals surface area contributed by atoms with E-state index in [1.165, 1.54) is 77.0 Å². The second-order valence-corrected chi connectivity index (χ2v) is 6.45. The first-order valence-corrected chi connectivity index (χ1v) is 9.46. The molecule has 1 atom stereocenters. The first-order valence-electron chi connectivity index (χ1n) is 9.46. The molecule has 0 aromatic heterocycles. The van der Waals surface area contributed by atoms with Crippen LogP contribution in [0.2, 0.25) is 0 Å². The first kappa shape index (κ1) is 20.9. The van der Waals surface area contributed by atoms with Crippen molar-refractivity contribution >= 4 is 0 Å². The molecule has 0 aliphatic carbocycles. The zero-order valence-corrected chi connectivity index (χ0v) is 15.0. The molecule has 0 aliphatic heterocycles. The van der Waals surface area contributed by atoms with Crippen molar-refractivity contribution in [2.75, 3.05) is 20.0 Å². The molecule has 0 fully saturated rings. The van der Waals surface area contributed by atoms with Crippen molar-refractivity contribution in [1.29, 1.82) is 0 Å². The van der Waals surface area contributed by atoms with Gasteiger partial charge in [0.05, 0.1) is 0 Å². The topological polar surface area (TPSA) is 18.5 Å². The minimum absolute atomic E-state index is 0.485. The predicted octanol–water partition coefficient (Wildman–Crippen LogP) is 6.33. The summed E-state index contributed by atoms with van der Waals surface area (Å²) in [6.45, 7) is 9.06. The molecule has 0 aromatic carbocycles. The molecule has 0 N–H and O–H groups in total. The van der Waals surface area contributed by atoms with Gasteiger partial charge in [0.2, 0.25) is 0 Å². The van der Waals surface area contributed by atoms with Crippen LogP contribution in [0, 0.1) is 5.92 Å². The third kappa shape index (κ3) is 17.9. The Labute approximate surface area is 134 Å². The lowest BCUT2D eigenvalue weighted by Crippen LogP contribution is -2.04. The summed E-state index contributed by atoms with van der Waals surface area (Å²) in [4.78, 5) is 0. The maximum Gasteiger partial charge on any atom is 0.146 e. The normalized spacial score (nSPS) is 12.7. The summed E-state index contributed by atoms with van der Waals surface area (Å²) >= 11 is 0. The van der Waals surface area contributed by atoms with Crippen molar-refractivity contribution < 1.29 is 9.47 Å². The van der Waals surface area contributed by atoms with Gasteiger partial charge in [-0.15, -0.1) is 0 Å². The monoisotopic (exact) mass is 300 g/mol. The molecule has 0 rings (SSSR count). The SMILES string of the molecule is CCCCCCCCCCOCOCCCC(C)CCC. The van der Waals surface area contributed by atoms with Crippen LogP contribution in [0.1, 0.15) is 97.8 Å². The van der Waals surface area contributed by atoms with Crippen molar-refractivity contribution in [1.82, 2.24) is 0 Å². The molecule has 0 spiro atoms. The van der Waals surface area contributed by atoms with Crippen molar-refractivity contribution in [3.63, 3.8) is 0 Å². The number of rotatable bonds is 17. The van der Waals surface area contributed by atoms with Crippen LogP contribution in [-0.4, -0.2) is 20.0 Å². The molecule has 128 valence electrons. The molecular weight excluding hydrogens is 260 g/mol. The van der Waals surface area contributed by atoms with E-state index in [9.17, 15) is 0 Å². The fourth-order valence-electron chi connectivity index (χ4n) is 2.69. The van der Waals surface area contributed by atoms with Gasteiger partial charge >= 0.3 is 0 Å². The largest absolute Gasteiger partial charge is 0.355 e. The Morgan fingerprint density at radius 1 is 0.619 bits per heavy atom. The number of hydrogen-bond donors (Lipinski definition) is 0. The summed E-state index contributed by atoms with van der Waals surface area (Å²) in [5.41, 5.74) is 0. The smallest absolute Gasteiger partial charge is 0.146 e. The van der Waals surface area contributed by atoms with Gasteiger partial charge in [-0.3, -0.25) is 0 Å². The van der Waals surface area contributed by atoms with Crippen LogP contribution < -0.4 is 0 Å². The molecule has 0 aromatic rings. The standard InChI is InChI=1S/C19H40O2/c1-4-6-7-8-9-10-11-12-16-20-18-21-17-13-15-19(3)14-5-2/h19H,4-18H2,1-3H3. The van der Waals surface area contributed by atoms with E-state index in [4.69, 9.17) is 9.47 Å². The van der Waals surface area contributed by atoms with Gasteiger partial charge in [-0.05, 0) is 25.2 Å². The van der Waals surface area contributed by atoms with Gasteiger partial charge in [-0.25, -0.2) is 0 Å². The average molecular weight is 301 g/mol. The van der Waals surface area contributed by atoms with Gasteiger partial charge in [-0.2, -0.15) is 0 Å². The van der Waals surface area contributed by atoms with E-state index in [2.05, 4.69) is 20.8 Å². The summed E-state index contributed by atoms with van der Waals surface area (Å²) in [6.07, 6.45) is 15.9. The quantitative estimate of drug-likeness (QED) is 0.231. The highest BCUT2D eigenvalue weighted by molar-refractivity contribution is 4.51.